The third-order valence-electron chi connectivity index (χ3n) is 2.16. The van der Waals surface area contributed by atoms with E-state index in [4.69, 9.17) is 5.73 Å². The van der Waals surface area contributed by atoms with Crippen molar-refractivity contribution in [1.29, 1.82) is 0 Å². The molecule has 80 valence electrons. The highest BCUT2D eigenvalue weighted by Crippen LogP contribution is 2.17. The van der Waals surface area contributed by atoms with Crippen LogP contribution in [0.25, 0.3) is 0 Å². The predicted molar refractivity (Wildman–Crippen MR) is 58.5 cm³/mol. The Balaban J connectivity index is 2.15. The second-order valence-corrected chi connectivity index (χ2v) is 3.95. The third-order valence-corrected chi connectivity index (χ3v) is 2.68. The molecule has 0 aliphatic rings. The van der Waals surface area contributed by atoms with E-state index in [1.54, 1.807) is 6.20 Å². The van der Waals surface area contributed by atoms with Crippen molar-refractivity contribution in [3.8, 4) is 0 Å². The molecule has 0 amide bonds. The fraction of sp³-hybridized carbons (Fsp3) is 0.444. The van der Waals surface area contributed by atoms with E-state index in [1.165, 1.54) is 11.5 Å². The van der Waals surface area contributed by atoms with E-state index in [-0.39, 0.29) is 6.04 Å². The molecule has 0 bridgehead atoms. The third kappa shape index (κ3) is 2.21. The Labute approximate surface area is 92.1 Å². The highest BCUT2D eigenvalue weighted by Gasteiger charge is 2.13. The van der Waals surface area contributed by atoms with Crippen molar-refractivity contribution >= 4 is 11.5 Å². The van der Waals surface area contributed by atoms with Gasteiger partial charge in [0.15, 0.2) is 0 Å². The van der Waals surface area contributed by atoms with Gasteiger partial charge in [-0.3, -0.25) is 4.68 Å². The van der Waals surface area contributed by atoms with Crippen LogP contribution < -0.4 is 5.73 Å². The maximum atomic E-state index is 6.02. The lowest BCUT2D eigenvalue weighted by molar-refractivity contribution is 0.601. The van der Waals surface area contributed by atoms with E-state index in [1.807, 2.05) is 16.3 Å². The Bertz CT molecular complexity index is 408. The van der Waals surface area contributed by atoms with Gasteiger partial charge in [-0.25, -0.2) is 0 Å². The molecule has 5 nitrogen and oxygen atoms in total. The number of rotatable bonds is 4. The molecule has 15 heavy (non-hydrogen) atoms. The number of hydrogen-bond donors (Lipinski definition) is 1. The van der Waals surface area contributed by atoms with Gasteiger partial charge < -0.3 is 5.73 Å². The van der Waals surface area contributed by atoms with Crippen LogP contribution in [0.15, 0.2) is 17.8 Å². The minimum Gasteiger partial charge on any atom is -0.319 e. The number of hydrogen-bond acceptors (Lipinski definition) is 5. The summed E-state index contributed by atoms with van der Waals surface area (Å²) < 4.78 is 5.69. The minimum absolute atomic E-state index is 0.214. The summed E-state index contributed by atoms with van der Waals surface area (Å²) in [5.74, 6) is 0. The molecule has 2 aromatic rings. The van der Waals surface area contributed by atoms with Crippen molar-refractivity contribution in [2.45, 2.75) is 25.9 Å². The van der Waals surface area contributed by atoms with Gasteiger partial charge in [0.2, 0.25) is 0 Å². The van der Waals surface area contributed by atoms with E-state index in [9.17, 15) is 0 Å². The Hall–Kier alpha value is -1.27. The van der Waals surface area contributed by atoms with Gasteiger partial charge in [0.1, 0.15) is 0 Å². The lowest BCUT2D eigenvalue weighted by Crippen LogP contribution is -2.11. The molecule has 2 heterocycles. The molecule has 0 fully saturated rings. The maximum absolute atomic E-state index is 6.02. The average Bonchev–Trinajstić information content (AvgIpc) is 2.87. The van der Waals surface area contributed by atoms with Crippen molar-refractivity contribution in [2.75, 3.05) is 0 Å². The largest absolute Gasteiger partial charge is 0.319 e. The Morgan fingerprint density at radius 2 is 2.47 bits per heavy atom. The Morgan fingerprint density at radius 1 is 1.60 bits per heavy atom. The fourth-order valence-corrected chi connectivity index (χ4v) is 1.86. The zero-order chi connectivity index (χ0) is 10.7. The van der Waals surface area contributed by atoms with Crippen LogP contribution >= 0.6 is 11.5 Å². The molecule has 0 saturated carbocycles. The summed E-state index contributed by atoms with van der Waals surface area (Å²) in [5.41, 5.74) is 7.81. The quantitative estimate of drug-likeness (QED) is 0.845. The topological polar surface area (TPSA) is 69.6 Å². The van der Waals surface area contributed by atoms with Crippen LogP contribution in [0.1, 0.15) is 30.6 Å². The van der Waals surface area contributed by atoms with Crippen molar-refractivity contribution in [3.63, 3.8) is 0 Å². The van der Waals surface area contributed by atoms with Crippen molar-refractivity contribution < 1.29 is 0 Å². The molecule has 6 heteroatoms. The van der Waals surface area contributed by atoms with Gasteiger partial charge in [-0.2, -0.15) is 5.10 Å². The van der Waals surface area contributed by atoms with Crippen LogP contribution in [0.3, 0.4) is 0 Å². The van der Waals surface area contributed by atoms with Crippen LogP contribution in [0.5, 0.6) is 0 Å². The van der Waals surface area contributed by atoms with Gasteiger partial charge in [0.25, 0.3) is 0 Å². The molecule has 1 unspecified atom stereocenters. The summed E-state index contributed by atoms with van der Waals surface area (Å²) >= 11 is 1.31. The first-order valence-electron chi connectivity index (χ1n) is 4.86. The van der Waals surface area contributed by atoms with Gasteiger partial charge in [0.05, 0.1) is 17.9 Å². The molecule has 0 saturated heterocycles. The molecule has 0 aliphatic heterocycles. The first-order valence-corrected chi connectivity index (χ1v) is 5.69. The van der Waals surface area contributed by atoms with E-state index in [0.29, 0.717) is 0 Å². The molecular formula is C9H13N5S. The predicted octanol–water partition coefficient (Wildman–Crippen LogP) is 1.19. The first-order chi connectivity index (χ1) is 7.31. The van der Waals surface area contributed by atoms with Crippen molar-refractivity contribution in [2.24, 2.45) is 5.73 Å². The SMILES string of the molecule is CCCn1cc(C(N)c2csnn2)cn1. The number of aryl methyl sites for hydroxylation is 1. The minimum atomic E-state index is -0.214. The second kappa shape index (κ2) is 4.50. The van der Waals surface area contributed by atoms with Gasteiger partial charge in [-0.15, -0.1) is 5.10 Å². The van der Waals surface area contributed by atoms with Gasteiger partial charge in [-0.05, 0) is 18.0 Å². The van der Waals surface area contributed by atoms with E-state index < -0.39 is 0 Å². The zero-order valence-corrected chi connectivity index (χ0v) is 9.31. The summed E-state index contributed by atoms with van der Waals surface area (Å²) in [6.45, 7) is 3.04. The first kappa shape index (κ1) is 10.3. The van der Waals surface area contributed by atoms with Crippen LogP contribution in [-0.4, -0.2) is 19.4 Å². The lowest BCUT2D eigenvalue weighted by Gasteiger charge is -2.03. The molecule has 0 radical (unpaired) electrons. The summed E-state index contributed by atoms with van der Waals surface area (Å²) in [5, 5.41) is 10.0. The Kier molecular flexibility index (Phi) is 3.08. The van der Waals surface area contributed by atoms with Gasteiger partial charge in [-0.1, -0.05) is 11.4 Å². The van der Waals surface area contributed by atoms with Crippen molar-refractivity contribution in [1.82, 2.24) is 19.4 Å². The molecule has 0 aliphatic carbocycles. The molecule has 2 rings (SSSR count). The van der Waals surface area contributed by atoms with Crippen molar-refractivity contribution in [3.05, 3.63) is 29.0 Å². The van der Waals surface area contributed by atoms with E-state index in [2.05, 4.69) is 21.6 Å². The normalized spacial score (nSPS) is 12.9. The monoisotopic (exact) mass is 223 g/mol. The molecule has 1 atom stereocenters. The van der Waals surface area contributed by atoms with E-state index in [0.717, 1.165) is 24.2 Å². The number of nitrogens with two attached hydrogens (primary N) is 1. The zero-order valence-electron chi connectivity index (χ0n) is 8.50. The van der Waals surface area contributed by atoms with Crippen LogP contribution in [0.2, 0.25) is 0 Å². The average molecular weight is 223 g/mol. The second-order valence-electron chi connectivity index (χ2n) is 3.34. The molecule has 0 aromatic carbocycles. The molecule has 2 aromatic heterocycles. The van der Waals surface area contributed by atoms with Gasteiger partial charge in [0, 0.05) is 23.7 Å². The van der Waals surface area contributed by atoms with Crippen LogP contribution in [0.4, 0.5) is 0 Å². The summed E-state index contributed by atoms with van der Waals surface area (Å²) in [6, 6.07) is -0.214. The smallest absolute Gasteiger partial charge is 0.0969 e. The summed E-state index contributed by atoms with van der Waals surface area (Å²) in [4.78, 5) is 0. The highest BCUT2D eigenvalue weighted by molar-refractivity contribution is 7.03. The molecule has 0 spiro atoms. The fourth-order valence-electron chi connectivity index (χ4n) is 1.37. The van der Waals surface area contributed by atoms with Crippen LogP contribution in [-0.2, 0) is 6.54 Å². The summed E-state index contributed by atoms with van der Waals surface area (Å²) in [6.07, 6.45) is 4.82. The molecule has 2 N–H and O–H groups in total. The van der Waals surface area contributed by atoms with Crippen LogP contribution in [0, 0.1) is 0 Å². The number of nitrogens with zero attached hydrogens (tertiary/aromatic N) is 4. The summed E-state index contributed by atoms with van der Waals surface area (Å²) in [7, 11) is 0. The Morgan fingerprint density at radius 3 is 3.13 bits per heavy atom. The van der Waals surface area contributed by atoms with E-state index >= 15 is 0 Å². The number of aromatic nitrogens is 4. The highest BCUT2D eigenvalue weighted by atomic mass is 32.1. The lowest BCUT2D eigenvalue weighted by atomic mass is 10.1. The standard InChI is InChI=1S/C9H13N5S/c1-2-3-14-5-7(4-11-14)9(10)8-6-15-13-12-8/h4-6,9H,2-3,10H2,1H3. The molecular weight excluding hydrogens is 210 g/mol. The maximum Gasteiger partial charge on any atom is 0.0969 e. The van der Waals surface area contributed by atoms with Gasteiger partial charge >= 0.3 is 0 Å².